The standard InChI is InChI=1S/C27H29NO3/c1-28(18-21(15-16-29)17-20-9-3-2-4-10-20)27(30)31-19-26-24-13-7-5-11-22(24)23-12-6-8-14-25(23)26/h2-14,21,26,29H,15-19H2,1H3/t21-/m1/s1. The molecule has 0 saturated heterocycles. The molecule has 0 unspecified atom stereocenters. The lowest BCUT2D eigenvalue weighted by atomic mass is 9.96. The molecule has 1 N–H and O–H groups in total. The normalized spacial score (nSPS) is 13.4. The van der Waals surface area contributed by atoms with Gasteiger partial charge in [0.05, 0.1) is 0 Å². The minimum Gasteiger partial charge on any atom is -0.448 e. The Balaban J connectivity index is 1.39. The van der Waals surface area contributed by atoms with Crippen molar-refractivity contribution in [1.29, 1.82) is 0 Å². The lowest BCUT2D eigenvalue weighted by Crippen LogP contribution is -2.34. The van der Waals surface area contributed by atoms with E-state index in [1.807, 2.05) is 42.5 Å². The van der Waals surface area contributed by atoms with E-state index in [1.54, 1.807) is 11.9 Å². The minimum atomic E-state index is -0.321. The molecule has 1 aliphatic carbocycles. The maximum absolute atomic E-state index is 12.8. The van der Waals surface area contributed by atoms with Crippen LogP contribution in [0.2, 0.25) is 0 Å². The number of aliphatic hydroxyl groups is 1. The molecule has 0 saturated carbocycles. The van der Waals surface area contributed by atoms with Crippen molar-refractivity contribution < 1.29 is 14.6 Å². The number of ether oxygens (including phenoxy) is 1. The second-order valence-electron chi connectivity index (χ2n) is 8.25. The van der Waals surface area contributed by atoms with Gasteiger partial charge in [0.15, 0.2) is 0 Å². The second kappa shape index (κ2) is 9.80. The lowest BCUT2D eigenvalue weighted by Gasteiger charge is -2.24. The van der Waals surface area contributed by atoms with Gasteiger partial charge in [-0.25, -0.2) is 4.79 Å². The topological polar surface area (TPSA) is 49.8 Å². The van der Waals surface area contributed by atoms with Crippen LogP contribution in [0.3, 0.4) is 0 Å². The Hall–Kier alpha value is -3.11. The number of hydrogen-bond acceptors (Lipinski definition) is 3. The summed E-state index contributed by atoms with van der Waals surface area (Å²) >= 11 is 0. The third kappa shape index (κ3) is 4.80. The largest absolute Gasteiger partial charge is 0.448 e. The van der Waals surface area contributed by atoms with E-state index in [2.05, 4.69) is 36.4 Å². The first-order valence-electron chi connectivity index (χ1n) is 10.9. The fourth-order valence-corrected chi connectivity index (χ4v) is 4.55. The first-order chi connectivity index (χ1) is 15.2. The molecule has 3 aromatic carbocycles. The number of carbonyl (C=O) groups excluding carboxylic acids is 1. The van der Waals surface area contributed by atoms with Gasteiger partial charge in [0.2, 0.25) is 0 Å². The average Bonchev–Trinajstić information content (AvgIpc) is 3.12. The zero-order valence-electron chi connectivity index (χ0n) is 17.9. The van der Waals surface area contributed by atoms with Crippen molar-refractivity contribution >= 4 is 6.09 Å². The molecule has 0 radical (unpaired) electrons. The summed E-state index contributed by atoms with van der Waals surface area (Å²) in [7, 11) is 1.77. The van der Waals surface area contributed by atoms with Gasteiger partial charge in [0.25, 0.3) is 0 Å². The van der Waals surface area contributed by atoms with Crippen molar-refractivity contribution in [3.05, 3.63) is 95.6 Å². The monoisotopic (exact) mass is 415 g/mol. The first-order valence-corrected chi connectivity index (χ1v) is 10.9. The van der Waals surface area contributed by atoms with Crippen LogP contribution in [-0.4, -0.2) is 42.9 Å². The van der Waals surface area contributed by atoms with E-state index in [4.69, 9.17) is 4.74 Å². The number of fused-ring (bicyclic) bond motifs is 3. The Kier molecular flexibility index (Phi) is 6.68. The van der Waals surface area contributed by atoms with Crippen LogP contribution in [-0.2, 0) is 11.2 Å². The van der Waals surface area contributed by atoms with Crippen LogP contribution in [0, 0.1) is 5.92 Å². The Bertz CT molecular complexity index is 972. The van der Waals surface area contributed by atoms with Gasteiger partial charge >= 0.3 is 6.09 Å². The second-order valence-corrected chi connectivity index (χ2v) is 8.25. The number of nitrogens with zero attached hydrogens (tertiary/aromatic N) is 1. The molecular formula is C27H29NO3. The van der Waals surface area contributed by atoms with Gasteiger partial charge in [0, 0.05) is 26.1 Å². The molecule has 160 valence electrons. The maximum atomic E-state index is 12.8. The van der Waals surface area contributed by atoms with Crippen molar-refractivity contribution in [2.24, 2.45) is 5.92 Å². The van der Waals surface area contributed by atoms with Gasteiger partial charge in [-0.15, -0.1) is 0 Å². The third-order valence-electron chi connectivity index (χ3n) is 6.08. The highest BCUT2D eigenvalue weighted by Crippen LogP contribution is 2.44. The van der Waals surface area contributed by atoms with Crippen molar-refractivity contribution in [3.8, 4) is 11.1 Å². The van der Waals surface area contributed by atoms with Crippen molar-refractivity contribution in [1.82, 2.24) is 4.90 Å². The van der Waals surface area contributed by atoms with Crippen LogP contribution in [0.15, 0.2) is 78.9 Å². The van der Waals surface area contributed by atoms with E-state index in [9.17, 15) is 9.90 Å². The van der Waals surface area contributed by atoms with Crippen LogP contribution in [0.4, 0.5) is 4.79 Å². The highest BCUT2D eigenvalue weighted by molar-refractivity contribution is 5.79. The third-order valence-corrected chi connectivity index (χ3v) is 6.08. The lowest BCUT2D eigenvalue weighted by molar-refractivity contribution is 0.100. The number of aliphatic hydroxyl groups excluding tert-OH is 1. The molecule has 0 bridgehead atoms. The Morgan fingerprint density at radius 2 is 1.52 bits per heavy atom. The molecule has 1 aliphatic rings. The van der Waals surface area contributed by atoms with E-state index < -0.39 is 0 Å². The number of amides is 1. The maximum Gasteiger partial charge on any atom is 0.409 e. The quantitative estimate of drug-likeness (QED) is 0.556. The van der Waals surface area contributed by atoms with Crippen LogP contribution in [0.5, 0.6) is 0 Å². The number of benzene rings is 3. The molecule has 4 rings (SSSR count). The van der Waals surface area contributed by atoms with E-state index in [-0.39, 0.29) is 24.5 Å². The first kappa shape index (κ1) is 21.1. The van der Waals surface area contributed by atoms with Gasteiger partial charge in [-0.05, 0) is 46.6 Å². The van der Waals surface area contributed by atoms with Crippen LogP contribution < -0.4 is 0 Å². The molecule has 0 aliphatic heterocycles. The molecule has 0 aromatic heterocycles. The molecule has 1 atom stereocenters. The van der Waals surface area contributed by atoms with Gasteiger partial charge in [0.1, 0.15) is 6.61 Å². The van der Waals surface area contributed by atoms with Crippen LogP contribution in [0.1, 0.15) is 29.0 Å². The zero-order valence-corrected chi connectivity index (χ0v) is 17.9. The number of rotatable bonds is 8. The summed E-state index contributed by atoms with van der Waals surface area (Å²) in [5.74, 6) is 0.236. The van der Waals surface area contributed by atoms with E-state index >= 15 is 0 Å². The van der Waals surface area contributed by atoms with Gasteiger partial charge in [-0.2, -0.15) is 0 Å². The summed E-state index contributed by atoms with van der Waals surface area (Å²) < 4.78 is 5.76. The molecule has 4 heteroatoms. The van der Waals surface area contributed by atoms with Gasteiger partial charge in [-0.3, -0.25) is 0 Å². The summed E-state index contributed by atoms with van der Waals surface area (Å²) in [4.78, 5) is 14.4. The fraction of sp³-hybridized carbons (Fsp3) is 0.296. The summed E-state index contributed by atoms with van der Waals surface area (Å²) in [6.07, 6.45) is 1.15. The molecule has 1 amide bonds. The van der Waals surface area contributed by atoms with Gasteiger partial charge < -0.3 is 14.7 Å². The minimum absolute atomic E-state index is 0.0577. The number of carbonyl (C=O) groups is 1. The predicted molar refractivity (Wildman–Crippen MR) is 123 cm³/mol. The Morgan fingerprint density at radius 1 is 0.935 bits per heavy atom. The average molecular weight is 416 g/mol. The van der Waals surface area contributed by atoms with Crippen molar-refractivity contribution in [2.75, 3.05) is 26.8 Å². The van der Waals surface area contributed by atoms with E-state index in [0.717, 1.165) is 6.42 Å². The fourth-order valence-electron chi connectivity index (χ4n) is 4.55. The highest BCUT2D eigenvalue weighted by atomic mass is 16.6. The molecule has 0 heterocycles. The van der Waals surface area contributed by atoms with Crippen molar-refractivity contribution in [2.45, 2.75) is 18.8 Å². The molecular weight excluding hydrogens is 386 g/mol. The van der Waals surface area contributed by atoms with Crippen molar-refractivity contribution in [3.63, 3.8) is 0 Å². The van der Waals surface area contributed by atoms with Crippen LogP contribution in [0.25, 0.3) is 11.1 Å². The van der Waals surface area contributed by atoms with E-state index in [1.165, 1.54) is 27.8 Å². The molecule has 31 heavy (non-hydrogen) atoms. The molecule has 3 aromatic rings. The summed E-state index contributed by atoms with van der Waals surface area (Å²) in [6, 6.07) is 26.9. The van der Waals surface area contributed by atoms with Gasteiger partial charge in [-0.1, -0.05) is 78.9 Å². The predicted octanol–water partition coefficient (Wildman–Crippen LogP) is 5.11. The Morgan fingerprint density at radius 3 is 2.13 bits per heavy atom. The summed E-state index contributed by atoms with van der Waals surface area (Å²) in [6.45, 7) is 0.975. The summed E-state index contributed by atoms with van der Waals surface area (Å²) in [5.41, 5.74) is 6.07. The number of hydrogen-bond donors (Lipinski definition) is 1. The summed E-state index contributed by atoms with van der Waals surface area (Å²) in [5, 5.41) is 9.46. The SMILES string of the molecule is CN(C[C@H](CCO)Cc1ccccc1)C(=O)OCC1c2ccccc2-c2ccccc21. The molecule has 0 spiro atoms. The smallest absolute Gasteiger partial charge is 0.409 e. The molecule has 0 fully saturated rings. The zero-order chi connectivity index (χ0) is 21.6. The van der Waals surface area contributed by atoms with Crippen LogP contribution >= 0.6 is 0 Å². The Labute approximate surface area is 184 Å². The molecule has 4 nitrogen and oxygen atoms in total. The van der Waals surface area contributed by atoms with E-state index in [0.29, 0.717) is 19.6 Å². The highest BCUT2D eigenvalue weighted by Gasteiger charge is 2.29.